The number of benzene rings is 1. The van der Waals surface area contributed by atoms with Crippen LogP contribution in [0.3, 0.4) is 0 Å². The second-order valence-electron chi connectivity index (χ2n) is 7.80. The molecule has 1 saturated heterocycles. The second-order valence-corrected chi connectivity index (χ2v) is 7.80. The molecule has 156 valence electrons. The number of alkyl halides is 3. The zero-order valence-electron chi connectivity index (χ0n) is 15.7. The van der Waals surface area contributed by atoms with E-state index in [4.69, 9.17) is 4.42 Å². The fourth-order valence-corrected chi connectivity index (χ4v) is 4.17. The summed E-state index contributed by atoms with van der Waals surface area (Å²) >= 11 is 0. The predicted octanol–water partition coefficient (Wildman–Crippen LogP) is 4.46. The molecule has 1 aliphatic carbocycles. The van der Waals surface area contributed by atoms with Crippen LogP contribution >= 0.6 is 0 Å². The first kappa shape index (κ1) is 19.0. The molecule has 2 aromatic heterocycles. The molecule has 6 nitrogen and oxygen atoms in total. The van der Waals surface area contributed by atoms with Gasteiger partial charge in [0.25, 0.3) is 0 Å². The molecule has 1 saturated carbocycles. The van der Waals surface area contributed by atoms with Gasteiger partial charge in [-0.05, 0) is 48.9 Å². The minimum absolute atomic E-state index is 0.00385. The molecule has 1 aliphatic heterocycles. The Kier molecular flexibility index (Phi) is 4.26. The molecular formula is C20H17F4N5O. The first-order valence-corrected chi connectivity index (χ1v) is 9.59. The maximum Gasteiger partial charge on any atom is 0.433 e. The summed E-state index contributed by atoms with van der Waals surface area (Å²) in [6, 6.07) is 6.85. The minimum Gasteiger partial charge on any atom is -0.420 e. The Labute approximate surface area is 169 Å². The summed E-state index contributed by atoms with van der Waals surface area (Å²) < 4.78 is 57.9. The fraction of sp³-hybridized carbons (Fsp3) is 0.400. The lowest BCUT2D eigenvalue weighted by molar-refractivity contribution is -0.141. The Hall–Kier alpha value is -3.04. The Morgan fingerprint density at radius 1 is 1.10 bits per heavy atom. The van der Waals surface area contributed by atoms with E-state index in [1.54, 1.807) is 17.0 Å². The van der Waals surface area contributed by atoms with Crippen LogP contribution in [0.2, 0.25) is 0 Å². The van der Waals surface area contributed by atoms with Crippen molar-refractivity contribution in [1.82, 2.24) is 20.2 Å². The van der Waals surface area contributed by atoms with Crippen LogP contribution in [-0.4, -0.2) is 33.3 Å². The molecule has 0 N–H and O–H groups in total. The van der Waals surface area contributed by atoms with Gasteiger partial charge >= 0.3 is 6.18 Å². The highest BCUT2D eigenvalue weighted by atomic mass is 19.4. The molecule has 2 aliphatic rings. The lowest BCUT2D eigenvalue weighted by Crippen LogP contribution is -2.36. The normalized spacial score (nSPS) is 20.5. The van der Waals surface area contributed by atoms with Gasteiger partial charge in [-0.1, -0.05) is 6.07 Å². The highest BCUT2D eigenvalue weighted by Crippen LogP contribution is 2.64. The molecule has 2 fully saturated rings. The Balaban J connectivity index is 1.26. The number of rotatable bonds is 3. The molecule has 30 heavy (non-hydrogen) atoms. The van der Waals surface area contributed by atoms with Gasteiger partial charge in [-0.25, -0.2) is 14.4 Å². The smallest absolute Gasteiger partial charge is 0.420 e. The maximum absolute atomic E-state index is 13.4. The van der Waals surface area contributed by atoms with E-state index in [0.29, 0.717) is 24.5 Å². The fourth-order valence-electron chi connectivity index (χ4n) is 4.17. The van der Waals surface area contributed by atoms with E-state index in [0.717, 1.165) is 31.5 Å². The minimum atomic E-state index is -4.49. The van der Waals surface area contributed by atoms with E-state index in [9.17, 15) is 17.6 Å². The highest BCUT2D eigenvalue weighted by Gasteiger charge is 2.58. The molecular weight excluding hydrogens is 402 g/mol. The van der Waals surface area contributed by atoms with Crippen molar-refractivity contribution in [3.05, 3.63) is 53.9 Å². The molecule has 1 spiro atoms. The Bertz CT molecular complexity index is 1070. The van der Waals surface area contributed by atoms with Crippen molar-refractivity contribution in [2.45, 2.75) is 31.4 Å². The van der Waals surface area contributed by atoms with Crippen molar-refractivity contribution in [2.75, 3.05) is 18.0 Å². The average Bonchev–Trinajstić information content (AvgIpc) is 3.20. The number of aromatic nitrogens is 4. The van der Waals surface area contributed by atoms with Crippen LogP contribution < -0.4 is 4.90 Å². The van der Waals surface area contributed by atoms with Crippen LogP contribution in [-0.2, 0) is 6.18 Å². The summed E-state index contributed by atoms with van der Waals surface area (Å²) in [5.41, 5.74) is -0.406. The lowest BCUT2D eigenvalue weighted by Gasteiger charge is -2.32. The zero-order valence-corrected chi connectivity index (χ0v) is 15.7. The van der Waals surface area contributed by atoms with Crippen molar-refractivity contribution < 1.29 is 22.0 Å². The van der Waals surface area contributed by atoms with E-state index in [1.807, 2.05) is 0 Å². The van der Waals surface area contributed by atoms with E-state index in [1.165, 1.54) is 12.1 Å². The summed E-state index contributed by atoms with van der Waals surface area (Å²) in [6.45, 7) is 1.12. The van der Waals surface area contributed by atoms with Crippen LogP contribution in [0.4, 0.5) is 23.5 Å². The van der Waals surface area contributed by atoms with E-state index >= 15 is 0 Å². The van der Waals surface area contributed by atoms with Gasteiger partial charge in [-0.3, -0.25) is 0 Å². The predicted molar refractivity (Wildman–Crippen MR) is 98.0 cm³/mol. The lowest BCUT2D eigenvalue weighted by atomic mass is 9.91. The molecule has 0 amide bonds. The molecule has 0 unspecified atom stereocenters. The highest BCUT2D eigenvalue weighted by molar-refractivity contribution is 5.52. The van der Waals surface area contributed by atoms with Crippen LogP contribution in [0.1, 0.15) is 36.8 Å². The van der Waals surface area contributed by atoms with Gasteiger partial charge in [0.2, 0.25) is 17.7 Å². The van der Waals surface area contributed by atoms with Crippen LogP contribution in [0, 0.1) is 11.2 Å². The van der Waals surface area contributed by atoms with Crippen LogP contribution in [0.15, 0.2) is 40.9 Å². The van der Waals surface area contributed by atoms with Crippen molar-refractivity contribution in [3.8, 4) is 11.5 Å². The van der Waals surface area contributed by atoms with Crippen LogP contribution in [0.25, 0.3) is 11.5 Å². The van der Waals surface area contributed by atoms with E-state index in [-0.39, 0.29) is 29.0 Å². The quantitative estimate of drug-likeness (QED) is 0.584. The topological polar surface area (TPSA) is 67.9 Å². The summed E-state index contributed by atoms with van der Waals surface area (Å²) in [5, 5.41) is 8.19. The van der Waals surface area contributed by atoms with Gasteiger partial charge in [0, 0.05) is 30.8 Å². The number of halogens is 4. The zero-order chi connectivity index (χ0) is 20.9. The monoisotopic (exact) mass is 419 g/mol. The van der Waals surface area contributed by atoms with Crippen LogP contribution in [0.5, 0.6) is 0 Å². The van der Waals surface area contributed by atoms with E-state index in [2.05, 4.69) is 20.2 Å². The molecule has 0 bridgehead atoms. The van der Waals surface area contributed by atoms with Gasteiger partial charge < -0.3 is 9.32 Å². The Morgan fingerprint density at radius 2 is 1.90 bits per heavy atom. The van der Waals surface area contributed by atoms with Crippen molar-refractivity contribution in [1.29, 1.82) is 0 Å². The summed E-state index contributed by atoms with van der Waals surface area (Å²) in [5.74, 6) is 0.638. The number of piperidine rings is 1. The number of hydrogen-bond acceptors (Lipinski definition) is 6. The molecule has 3 heterocycles. The van der Waals surface area contributed by atoms with Crippen molar-refractivity contribution in [3.63, 3.8) is 0 Å². The molecule has 0 radical (unpaired) electrons. The molecule has 1 atom stereocenters. The van der Waals surface area contributed by atoms with E-state index < -0.39 is 11.9 Å². The number of hydrogen-bond donors (Lipinski definition) is 0. The average molecular weight is 419 g/mol. The standard InChI is InChI=1S/C20H17F4N5O/c21-13-3-1-2-12(10-13)16-27-28-17(30-16)14-11-19(14)5-8-29(9-6-19)18-25-7-4-15(26-18)20(22,23)24/h1-4,7,10,14H,5-6,8-9,11H2/t14-/m1/s1. The largest absolute Gasteiger partial charge is 0.433 e. The van der Waals surface area contributed by atoms with Crippen molar-refractivity contribution >= 4 is 5.95 Å². The van der Waals surface area contributed by atoms with Gasteiger partial charge in [0.05, 0.1) is 0 Å². The maximum atomic E-state index is 13.4. The molecule has 3 aromatic rings. The molecule has 1 aromatic carbocycles. The SMILES string of the molecule is Fc1cccc(-c2nnc([C@H]3CC34CCN(c3nccc(C(F)(F)F)n3)CC4)o2)c1. The van der Waals surface area contributed by atoms with Crippen molar-refractivity contribution in [2.24, 2.45) is 5.41 Å². The number of nitrogens with zero attached hydrogens (tertiary/aromatic N) is 5. The number of anilines is 1. The summed E-state index contributed by atoms with van der Waals surface area (Å²) in [7, 11) is 0. The summed E-state index contributed by atoms with van der Waals surface area (Å²) in [6.07, 6.45) is -0.922. The Morgan fingerprint density at radius 3 is 2.63 bits per heavy atom. The third kappa shape index (κ3) is 3.40. The third-order valence-electron chi connectivity index (χ3n) is 5.98. The van der Waals surface area contributed by atoms with Gasteiger partial charge in [0.15, 0.2) is 0 Å². The van der Waals surface area contributed by atoms with Gasteiger partial charge in [-0.2, -0.15) is 13.2 Å². The first-order valence-electron chi connectivity index (χ1n) is 9.59. The molecule has 5 rings (SSSR count). The second kappa shape index (κ2) is 6.75. The van der Waals surface area contributed by atoms with Gasteiger partial charge in [0.1, 0.15) is 11.5 Å². The first-order chi connectivity index (χ1) is 14.3. The van der Waals surface area contributed by atoms with Gasteiger partial charge in [-0.15, -0.1) is 10.2 Å². The summed E-state index contributed by atoms with van der Waals surface area (Å²) in [4.78, 5) is 9.46. The third-order valence-corrected chi connectivity index (χ3v) is 5.98. The molecule has 10 heteroatoms.